The molecule has 6 heteroatoms. The van der Waals surface area contributed by atoms with E-state index in [1.165, 1.54) is 12.7 Å². The number of carbonyl (C=O) groups is 2. The SMILES string of the molecule is COC(=O)C1CCN(C(=O)/C=C(\C)c2cc3c(-c4ccc(C)cc4)coc3c(C)c2OC)CC1. The van der Waals surface area contributed by atoms with Gasteiger partial charge in [0.1, 0.15) is 11.3 Å². The summed E-state index contributed by atoms with van der Waals surface area (Å²) in [6.07, 6.45) is 4.68. The zero-order valence-corrected chi connectivity index (χ0v) is 20.4. The van der Waals surface area contributed by atoms with E-state index in [9.17, 15) is 9.59 Å². The van der Waals surface area contributed by atoms with Gasteiger partial charge >= 0.3 is 5.97 Å². The number of likely N-dealkylation sites (tertiary alicyclic amines) is 1. The van der Waals surface area contributed by atoms with Gasteiger partial charge in [-0.3, -0.25) is 9.59 Å². The molecule has 6 nitrogen and oxygen atoms in total. The fourth-order valence-corrected chi connectivity index (χ4v) is 4.68. The molecule has 1 saturated heterocycles. The van der Waals surface area contributed by atoms with Gasteiger partial charge in [-0.2, -0.15) is 0 Å². The molecule has 1 amide bonds. The molecule has 3 aromatic rings. The van der Waals surface area contributed by atoms with Crippen LogP contribution in [-0.2, 0) is 14.3 Å². The van der Waals surface area contributed by atoms with Crippen molar-refractivity contribution in [1.82, 2.24) is 4.90 Å². The zero-order chi connectivity index (χ0) is 24.4. The summed E-state index contributed by atoms with van der Waals surface area (Å²) in [4.78, 5) is 26.6. The maximum absolute atomic E-state index is 13.0. The van der Waals surface area contributed by atoms with Crippen LogP contribution in [0.2, 0.25) is 0 Å². The van der Waals surface area contributed by atoms with E-state index in [1.54, 1.807) is 24.3 Å². The van der Waals surface area contributed by atoms with Gasteiger partial charge in [-0.05, 0) is 50.8 Å². The van der Waals surface area contributed by atoms with Gasteiger partial charge in [-0.25, -0.2) is 0 Å². The van der Waals surface area contributed by atoms with Crippen LogP contribution in [0.3, 0.4) is 0 Å². The summed E-state index contributed by atoms with van der Waals surface area (Å²) in [5, 5.41) is 0.983. The van der Waals surface area contributed by atoms with E-state index in [4.69, 9.17) is 13.9 Å². The van der Waals surface area contributed by atoms with Crippen molar-refractivity contribution >= 4 is 28.4 Å². The Morgan fingerprint density at radius 3 is 2.38 bits per heavy atom. The minimum Gasteiger partial charge on any atom is -0.496 e. The van der Waals surface area contributed by atoms with Crippen molar-refractivity contribution in [3.63, 3.8) is 0 Å². The van der Waals surface area contributed by atoms with E-state index in [0.29, 0.717) is 31.7 Å². The number of amides is 1. The van der Waals surface area contributed by atoms with Gasteiger partial charge in [0.05, 0.1) is 26.4 Å². The smallest absolute Gasteiger partial charge is 0.308 e. The number of aryl methyl sites for hydroxylation is 2. The number of carbonyl (C=O) groups excluding carboxylic acids is 2. The number of allylic oxidation sites excluding steroid dienone is 1. The number of hydrogen-bond donors (Lipinski definition) is 0. The summed E-state index contributed by atoms with van der Waals surface area (Å²) in [6.45, 7) is 7.04. The molecule has 1 aliphatic heterocycles. The third-order valence-electron chi connectivity index (χ3n) is 6.72. The minimum atomic E-state index is -0.197. The topological polar surface area (TPSA) is 69.0 Å². The van der Waals surface area contributed by atoms with Crippen molar-refractivity contribution in [2.75, 3.05) is 27.3 Å². The molecule has 1 fully saturated rings. The Hall–Kier alpha value is -3.54. The monoisotopic (exact) mass is 461 g/mol. The van der Waals surface area contributed by atoms with Crippen LogP contribution in [0.25, 0.3) is 27.7 Å². The van der Waals surface area contributed by atoms with E-state index in [-0.39, 0.29) is 17.8 Å². The average molecular weight is 462 g/mol. The number of methoxy groups -OCH3 is 2. The van der Waals surface area contributed by atoms with Crippen molar-refractivity contribution in [3.8, 4) is 16.9 Å². The fourth-order valence-electron chi connectivity index (χ4n) is 4.68. The van der Waals surface area contributed by atoms with Gasteiger partial charge in [-0.1, -0.05) is 29.8 Å². The number of rotatable bonds is 5. The van der Waals surface area contributed by atoms with Crippen LogP contribution < -0.4 is 4.74 Å². The molecule has 0 bridgehead atoms. The average Bonchev–Trinajstić information content (AvgIpc) is 3.28. The number of piperidine rings is 1. The van der Waals surface area contributed by atoms with Crippen molar-refractivity contribution < 1.29 is 23.5 Å². The molecule has 0 atom stereocenters. The van der Waals surface area contributed by atoms with Gasteiger partial charge < -0.3 is 18.8 Å². The predicted molar refractivity (Wildman–Crippen MR) is 133 cm³/mol. The Labute approximate surface area is 200 Å². The van der Waals surface area contributed by atoms with Crippen molar-refractivity contribution in [1.29, 1.82) is 0 Å². The van der Waals surface area contributed by atoms with E-state index in [1.807, 2.05) is 19.9 Å². The Morgan fingerprint density at radius 1 is 1.09 bits per heavy atom. The first kappa shape index (κ1) is 23.6. The number of nitrogens with zero attached hydrogens (tertiary/aromatic N) is 1. The number of benzene rings is 2. The number of fused-ring (bicyclic) bond motifs is 1. The van der Waals surface area contributed by atoms with Crippen LogP contribution in [-0.4, -0.2) is 44.1 Å². The van der Waals surface area contributed by atoms with E-state index in [2.05, 4.69) is 31.2 Å². The highest BCUT2D eigenvalue weighted by Crippen LogP contribution is 2.40. The highest BCUT2D eigenvalue weighted by molar-refractivity contribution is 6.01. The van der Waals surface area contributed by atoms with Crippen molar-refractivity contribution in [2.24, 2.45) is 5.92 Å². The second-order valence-electron chi connectivity index (χ2n) is 8.92. The van der Waals surface area contributed by atoms with Gasteiger partial charge in [-0.15, -0.1) is 0 Å². The highest BCUT2D eigenvalue weighted by atomic mass is 16.5. The van der Waals surface area contributed by atoms with E-state index < -0.39 is 0 Å². The van der Waals surface area contributed by atoms with Crippen LogP contribution in [0.5, 0.6) is 5.75 Å². The third-order valence-corrected chi connectivity index (χ3v) is 6.72. The van der Waals surface area contributed by atoms with E-state index >= 15 is 0 Å². The number of esters is 1. The van der Waals surface area contributed by atoms with Crippen molar-refractivity contribution in [2.45, 2.75) is 33.6 Å². The normalized spacial score (nSPS) is 15.0. The second-order valence-corrected chi connectivity index (χ2v) is 8.92. The van der Waals surface area contributed by atoms with Crippen LogP contribution in [0.4, 0.5) is 0 Å². The lowest BCUT2D eigenvalue weighted by molar-refractivity contribution is -0.148. The lowest BCUT2D eigenvalue weighted by Crippen LogP contribution is -2.39. The molecule has 0 spiro atoms. The fraction of sp³-hybridized carbons (Fsp3) is 0.357. The second kappa shape index (κ2) is 9.75. The number of hydrogen-bond acceptors (Lipinski definition) is 5. The molecule has 178 valence electrons. The van der Waals surface area contributed by atoms with Gasteiger partial charge in [0.2, 0.25) is 5.91 Å². The van der Waals surface area contributed by atoms with Crippen LogP contribution in [0, 0.1) is 19.8 Å². The molecule has 0 aliphatic carbocycles. The Bertz CT molecular complexity index is 1240. The van der Waals surface area contributed by atoms with Gasteiger partial charge in [0.15, 0.2) is 0 Å². The lowest BCUT2D eigenvalue weighted by atomic mass is 9.95. The van der Waals surface area contributed by atoms with E-state index in [0.717, 1.165) is 38.8 Å². The third kappa shape index (κ3) is 4.45. The van der Waals surface area contributed by atoms with Gasteiger partial charge in [0.25, 0.3) is 0 Å². The predicted octanol–water partition coefficient (Wildman–Crippen LogP) is 5.54. The largest absolute Gasteiger partial charge is 0.496 e. The molecule has 2 heterocycles. The molecular formula is C28H31NO5. The maximum Gasteiger partial charge on any atom is 0.308 e. The minimum absolute atomic E-state index is 0.0634. The molecule has 34 heavy (non-hydrogen) atoms. The van der Waals surface area contributed by atoms with Crippen molar-refractivity contribution in [3.05, 3.63) is 59.4 Å². The number of furan rings is 1. The number of ether oxygens (including phenoxy) is 2. The van der Waals surface area contributed by atoms with Crippen LogP contribution >= 0.6 is 0 Å². The molecule has 0 N–H and O–H groups in total. The van der Waals surface area contributed by atoms with Gasteiger partial charge in [0, 0.05) is 41.2 Å². The first-order valence-corrected chi connectivity index (χ1v) is 11.5. The summed E-state index contributed by atoms with van der Waals surface area (Å²) >= 11 is 0. The Balaban J connectivity index is 1.66. The zero-order valence-electron chi connectivity index (χ0n) is 20.4. The van der Waals surface area contributed by atoms with Crippen LogP contribution in [0.15, 0.2) is 47.1 Å². The summed E-state index contributed by atoms with van der Waals surface area (Å²) in [5.74, 6) is 0.303. The summed E-state index contributed by atoms with van der Waals surface area (Å²) in [5.41, 5.74) is 6.63. The molecule has 2 aromatic carbocycles. The Kier molecular flexibility index (Phi) is 6.77. The molecular weight excluding hydrogens is 430 g/mol. The lowest BCUT2D eigenvalue weighted by Gasteiger charge is -2.30. The first-order chi connectivity index (χ1) is 16.3. The Morgan fingerprint density at radius 2 is 1.76 bits per heavy atom. The molecule has 1 aromatic heterocycles. The summed E-state index contributed by atoms with van der Waals surface area (Å²) < 4.78 is 16.5. The standard InChI is InChI=1S/C28H31NO5/c1-17-6-8-20(9-7-17)24-16-34-27-19(3)26(32-4)22(15-23(24)27)18(2)14-25(30)29-12-10-21(11-13-29)28(31)33-5/h6-9,14-16,21H,10-13H2,1-5H3/b18-14+. The molecule has 0 saturated carbocycles. The first-order valence-electron chi connectivity index (χ1n) is 11.5. The maximum atomic E-state index is 13.0. The molecule has 0 unspecified atom stereocenters. The molecule has 1 aliphatic rings. The summed E-state index contributed by atoms with van der Waals surface area (Å²) in [7, 11) is 3.04. The molecule has 4 rings (SSSR count). The molecule has 0 radical (unpaired) electrons. The quantitative estimate of drug-likeness (QED) is 0.369. The highest BCUT2D eigenvalue weighted by Gasteiger charge is 2.27. The summed E-state index contributed by atoms with van der Waals surface area (Å²) in [6, 6.07) is 10.4. The van der Waals surface area contributed by atoms with Crippen LogP contribution in [0.1, 0.15) is 36.5 Å².